The lowest BCUT2D eigenvalue weighted by atomic mass is 10.1. The lowest BCUT2D eigenvalue weighted by Crippen LogP contribution is -2.40. The molecule has 0 spiro atoms. The molecule has 1 aromatic rings. The van der Waals surface area contributed by atoms with Crippen LogP contribution in [0, 0.1) is 5.92 Å². The first-order valence-corrected chi connectivity index (χ1v) is 5.89. The number of hydrogen-bond donors (Lipinski definition) is 1. The van der Waals surface area contributed by atoms with Crippen molar-refractivity contribution in [3.05, 3.63) is 18.2 Å². The third-order valence-corrected chi connectivity index (χ3v) is 2.68. The summed E-state index contributed by atoms with van der Waals surface area (Å²) in [5, 5.41) is 2.56. The van der Waals surface area contributed by atoms with Crippen LogP contribution >= 0.6 is 0 Å². The van der Waals surface area contributed by atoms with Crippen LogP contribution in [0.5, 0.6) is 5.75 Å². The SMILES string of the molecule is CC(C)CN1C(=O)COc2cc(NC=O)ccc21. The molecule has 5 heteroatoms. The summed E-state index contributed by atoms with van der Waals surface area (Å²) >= 11 is 0. The minimum absolute atomic E-state index is 0.0349. The van der Waals surface area contributed by atoms with Crippen LogP contribution in [-0.4, -0.2) is 25.5 Å². The van der Waals surface area contributed by atoms with Crippen molar-refractivity contribution in [2.24, 2.45) is 5.92 Å². The Morgan fingerprint density at radius 3 is 2.94 bits per heavy atom. The molecule has 5 nitrogen and oxygen atoms in total. The van der Waals surface area contributed by atoms with Gasteiger partial charge in [0.15, 0.2) is 6.61 Å². The first-order valence-electron chi connectivity index (χ1n) is 5.89. The standard InChI is InChI=1S/C13H16N2O3/c1-9(2)6-15-11-4-3-10(14-8-16)5-12(11)18-7-13(15)17/h3-5,8-9H,6-7H2,1-2H3,(H,14,16). The molecule has 1 N–H and O–H groups in total. The first kappa shape index (κ1) is 12.4. The summed E-state index contributed by atoms with van der Waals surface area (Å²) in [6.45, 7) is 4.83. The largest absolute Gasteiger partial charge is 0.481 e. The van der Waals surface area contributed by atoms with E-state index in [2.05, 4.69) is 19.2 Å². The van der Waals surface area contributed by atoms with Gasteiger partial charge in [-0.25, -0.2) is 0 Å². The Morgan fingerprint density at radius 1 is 1.50 bits per heavy atom. The molecule has 1 heterocycles. The summed E-state index contributed by atoms with van der Waals surface area (Å²) in [5.74, 6) is 0.974. The number of benzene rings is 1. The Kier molecular flexibility index (Phi) is 3.50. The lowest BCUT2D eigenvalue weighted by Gasteiger charge is -2.30. The Morgan fingerprint density at radius 2 is 2.28 bits per heavy atom. The van der Waals surface area contributed by atoms with Crippen molar-refractivity contribution < 1.29 is 14.3 Å². The first-order chi connectivity index (χ1) is 8.61. The number of carbonyl (C=O) groups is 2. The highest BCUT2D eigenvalue weighted by atomic mass is 16.5. The third-order valence-electron chi connectivity index (χ3n) is 2.68. The summed E-state index contributed by atoms with van der Waals surface area (Å²) in [5.41, 5.74) is 1.42. The molecule has 0 fully saturated rings. The number of amides is 2. The van der Waals surface area contributed by atoms with Crippen LogP contribution in [0.15, 0.2) is 18.2 Å². The smallest absolute Gasteiger partial charge is 0.265 e. The van der Waals surface area contributed by atoms with E-state index < -0.39 is 0 Å². The number of anilines is 2. The van der Waals surface area contributed by atoms with Gasteiger partial charge in [-0.1, -0.05) is 13.8 Å². The van der Waals surface area contributed by atoms with Gasteiger partial charge < -0.3 is 15.0 Å². The van der Waals surface area contributed by atoms with Crippen molar-refractivity contribution in [2.75, 3.05) is 23.4 Å². The average molecular weight is 248 g/mol. The molecule has 1 aliphatic rings. The van der Waals surface area contributed by atoms with Crippen LogP contribution in [0.1, 0.15) is 13.8 Å². The van der Waals surface area contributed by atoms with E-state index in [1.54, 1.807) is 23.1 Å². The van der Waals surface area contributed by atoms with Gasteiger partial charge in [0.05, 0.1) is 5.69 Å². The maximum absolute atomic E-state index is 11.8. The van der Waals surface area contributed by atoms with Gasteiger partial charge in [0.2, 0.25) is 6.41 Å². The number of rotatable bonds is 4. The molecule has 0 bridgehead atoms. The van der Waals surface area contributed by atoms with Crippen molar-refractivity contribution in [3.63, 3.8) is 0 Å². The molecule has 0 unspecified atom stereocenters. The number of hydrogen-bond acceptors (Lipinski definition) is 3. The number of nitrogens with one attached hydrogen (secondary N) is 1. The van der Waals surface area contributed by atoms with Crippen LogP contribution < -0.4 is 15.0 Å². The van der Waals surface area contributed by atoms with Crippen molar-refractivity contribution in [2.45, 2.75) is 13.8 Å². The van der Waals surface area contributed by atoms with Crippen molar-refractivity contribution >= 4 is 23.7 Å². The van der Waals surface area contributed by atoms with Crippen molar-refractivity contribution in [1.29, 1.82) is 0 Å². The number of nitrogens with zero attached hydrogens (tertiary/aromatic N) is 1. The molecule has 0 saturated heterocycles. The van der Waals surface area contributed by atoms with Gasteiger partial charge in [0.1, 0.15) is 5.75 Å². The van der Waals surface area contributed by atoms with Gasteiger partial charge in [-0.3, -0.25) is 9.59 Å². The second kappa shape index (κ2) is 5.08. The van der Waals surface area contributed by atoms with Crippen LogP contribution in [0.3, 0.4) is 0 Å². The highest BCUT2D eigenvalue weighted by molar-refractivity contribution is 5.98. The Hall–Kier alpha value is -2.04. The van der Waals surface area contributed by atoms with E-state index in [1.807, 2.05) is 0 Å². The van der Waals surface area contributed by atoms with E-state index in [0.29, 0.717) is 30.3 Å². The fourth-order valence-electron chi connectivity index (χ4n) is 1.93. The van der Waals surface area contributed by atoms with Gasteiger partial charge in [0.25, 0.3) is 5.91 Å². The normalized spacial score (nSPS) is 14.2. The topological polar surface area (TPSA) is 58.6 Å². The molecular weight excluding hydrogens is 232 g/mol. The maximum atomic E-state index is 11.8. The van der Waals surface area contributed by atoms with E-state index >= 15 is 0 Å². The van der Waals surface area contributed by atoms with Crippen LogP contribution in [-0.2, 0) is 9.59 Å². The molecule has 0 atom stereocenters. The maximum Gasteiger partial charge on any atom is 0.265 e. The van der Waals surface area contributed by atoms with Crippen LogP contribution in [0.25, 0.3) is 0 Å². The number of ether oxygens (including phenoxy) is 1. The summed E-state index contributed by atoms with van der Waals surface area (Å²) < 4.78 is 5.39. The second-order valence-electron chi connectivity index (χ2n) is 4.63. The fourth-order valence-corrected chi connectivity index (χ4v) is 1.93. The Labute approximate surface area is 106 Å². The molecule has 0 radical (unpaired) electrons. The molecular formula is C13H16N2O3. The lowest BCUT2D eigenvalue weighted by molar-refractivity contribution is -0.121. The minimum atomic E-state index is -0.0349. The van der Waals surface area contributed by atoms with Gasteiger partial charge in [-0.05, 0) is 18.1 Å². The Bertz CT molecular complexity index is 471. The molecule has 18 heavy (non-hydrogen) atoms. The third kappa shape index (κ3) is 2.45. The summed E-state index contributed by atoms with van der Waals surface area (Å²) in [4.78, 5) is 24.0. The predicted molar refractivity (Wildman–Crippen MR) is 68.8 cm³/mol. The second-order valence-corrected chi connectivity index (χ2v) is 4.63. The van der Waals surface area contributed by atoms with E-state index in [9.17, 15) is 9.59 Å². The molecule has 0 saturated carbocycles. The zero-order valence-corrected chi connectivity index (χ0v) is 10.5. The molecule has 0 aromatic heterocycles. The number of carbonyl (C=O) groups excluding carboxylic acids is 2. The Balaban J connectivity index is 2.32. The highest BCUT2D eigenvalue weighted by Gasteiger charge is 2.26. The monoisotopic (exact) mass is 248 g/mol. The summed E-state index contributed by atoms with van der Waals surface area (Å²) in [6, 6.07) is 5.27. The van der Waals surface area contributed by atoms with Gasteiger partial charge in [-0.2, -0.15) is 0 Å². The average Bonchev–Trinajstić information content (AvgIpc) is 2.33. The summed E-state index contributed by atoms with van der Waals surface area (Å²) in [7, 11) is 0. The fraction of sp³-hybridized carbons (Fsp3) is 0.385. The van der Waals surface area contributed by atoms with Crippen molar-refractivity contribution in [3.8, 4) is 5.75 Å². The van der Waals surface area contributed by atoms with E-state index in [-0.39, 0.29) is 12.5 Å². The van der Waals surface area contributed by atoms with Gasteiger partial charge >= 0.3 is 0 Å². The van der Waals surface area contributed by atoms with E-state index in [1.165, 1.54) is 0 Å². The zero-order valence-electron chi connectivity index (χ0n) is 10.5. The van der Waals surface area contributed by atoms with Gasteiger partial charge in [-0.15, -0.1) is 0 Å². The van der Waals surface area contributed by atoms with E-state index in [0.717, 1.165) is 5.69 Å². The predicted octanol–water partition coefficient (Wildman–Crippen LogP) is 1.64. The molecule has 1 aromatic carbocycles. The highest BCUT2D eigenvalue weighted by Crippen LogP contribution is 2.34. The van der Waals surface area contributed by atoms with E-state index in [4.69, 9.17) is 4.74 Å². The van der Waals surface area contributed by atoms with Crippen LogP contribution in [0.2, 0.25) is 0 Å². The number of fused-ring (bicyclic) bond motifs is 1. The zero-order chi connectivity index (χ0) is 13.1. The molecule has 2 amide bonds. The molecule has 0 aliphatic carbocycles. The van der Waals surface area contributed by atoms with Crippen LogP contribution in [0.4, 0.5) is 11.4 Å². The van der Waals surface area contributed by atoms with Crippen molar-refractivity contribution in [1.82, 2.24) is 0 Å². The quantitative estimate of drug-likeness (QED) is 0.824. The molecule has 96 valence electrons. The summed E-state index contributed by atoms with van der Waals surface area (Å²) in [6.07, 6.45) is 0.613. The molecule has 1 aliphatic heterocycles. The van der Waals surface area contributed by atoms with Gasteiger partial charge in [0, 0.05) is 18.3 Å². The molecule has 2 rings (SSSR count). The minimum Gasteiger partial charge on any atom is -0.481 e.